The fourth-order valence-electron chi connectivity index (χ4n) is 3.33. The molecule has 2 atom stereocenters. The highest BCUT2D eigenvalue weighted by Gasteiger charge is 2.30. The van der Waals surface area contributed by atoms with Crippen LogP contribution in [0.1, 0.15) is 44.0 Å². The summed E-state index contributed by atoms with van der Waals surface area (Å²) in [7, 11) is 2.09. The number of aromatic nitrogens is 2. The molecule has 1 amide bonds. The molecule has 3 heterocycles. The largest absolute Gasteiger partial charge is 0.378 e. The summed E-state index contributed by atoms with van der Waals surface area (Å²) in [6.45, 7) is 3.26. The van der Waals surface area contributed by atoms with E-state index < -0.39 is 0 Å². The maximum Gasteiger partial charge on any atom is 0.222 e. The van der Waals surface area contributed by atoms with Gasteiger partial charge >= 0.3 is 0 Å². The molecular weight excluding hydrogens is 280 g/mol. The maximum atomic E-state index is 12.5. The number of nitrogens with zero attached hydrogens (tertiary/aromatic N) is 3. The Hall–Kier alpha value is -1.40. The number of imidazole rings is 1. The van der Waals surface area contributed by atoms with Crippen molar-refractivity contribution in [1.82, 2.24) is 19.8 Å². The highest BCUT2D eigenvalue weighted by atomic mass is 16.5. The van der Waals surface area contributed by atoms with E-state index in [2.05, 4.69) is 21.9 Å². The van der Waals surface area contributed by atoms with Gasteiger partial charge in [0.2, 0.25) is 5.91 Å². The number of ether oxygens (including phenoxy) is 1. The van der Waals surface area contributed by atoms with Gasteiger partial charge in [-0.3, -0.25) is 9.69 Å². The van der Waals surface area contributed by atoms with E-state index in [0.29, 0.717) is 13.0 Å². The van der Waals surface area contributed by atoms with Crippen LogP contribution in [0.25, 0.3) is 0 Å². The Bertz CT molecular complexity index is 471. The second-order valence-electron chi connectivity index (χ2n) is 6.34. The quantitative estimate of drug-likeness (QED) is 0.917. The van der Waals surface area contributed by atoms with Crippen LogP contribution in [-0.4, -0.2) is 65.1 Å². The number of hydrogen-bond donors (Lipinski definition) is 1. The average molecular weight is 306 g/mol. The fourth-order valence-corrected chi connectivity index (χ4v) is 3.33. The molecule has 2 saturated heterocycles. The minimum Gasteiger partial charge on any atom is -0.378 e. The van der Waals surface area contributed by atoms with E-state index in [9.17, 15) is 4.79 Å². The number of carbonyl (C=O) groups excluding carboxylic acids is 1. The molecule has 6 heteroatoms. The molecule has 2 aliphatic rings. The molecule has 2 fully saturated rings. The maximum absolute atomic E-state index is 12.5. The van der Waals surface area contributed by atoms with Gasteiger partial charge in [0.1, 0.15) is 5.82 Å². The first kappa shape index (κ1) is 15.5. The van der Waals surface area contributed by atoms with Crippen molar-refractivity contribution >= 4 is 5.91 Å². The van der Waals surface area contributed by atoms with Crippen LogP contribution < -0.4 is 0 Å². The van der Waals surface area contributed by atoms with Crippen LogP contribution in [0.3, 0.4) is 0 Å². The van der Waals surface area contributed by atoms with E-state index in [4.69, 9.17) is 4.74 Å². The highest BCUT2D eigenvalue weighted by molar-refractivity contribution is 5.76. The summed E-state index contributed by atoms with van der Waals surface area (Å²) in [6, 6.07) is 0.165. The predicted octanol–water partition coefficient (Wildman–Crippen LogP) is 1.57. The van der Waals surface area contributed by atoms with E-state index in [1.165, 1.54) is 6.42 Å². The van der Waals surface area contributed by atoms with Crippen LogP contribution in [0.2, 0.25) is 0 Å². The lowest BCUT2D eigenvalue weighted by molar-refractivity contribution is -0.135. The fraction of sp³-hybridized carbons (Fsp3) is 0.750. The molecule has 22 heavy (non-hydrogen) atoms. The smallest absolute Gasteiger partial charge is 0.222 e. The van der Waals surface area contributed by atoms with Gasteiger partial charge < -0.3 is 14.6 Å². The summed E-state index contributed by atoms with van der Waals surface area (Å²) < 4.78 is 5.72. The van der Waals surface area contributed by atoms with Gasteiger partial charge in [-0.15, -0.1) is 0 Å². The number of aromatic amines is 1. The first-order valence-corrected chi connectivity index (χ1v) is 8.33. The van der Waals surface area contributed by atoms with Crippen LogP contribution in [0.5, 0.6) is 0 Å². The average Bonchev–Trinajstić information content (AvgIpc) is 3.08. The summed E-state index contributed by atoms with van der Waals surface area (Å²) in [5.41, 5.74) is 0. The number of piperazine rings is 1. The van der Waals surface area contributed by atoms with Crippen molar-refractivity contribution in [3.8, 4) is 0 Å². The summed E-state index contributed by atoms with van der Waals surface area (Å²) in [5, 5.41) is 0. The number of nitrogens with one attached hydrogen (secondary N) is 1. The van der Waals surface area contributed by atoms with E-state index in [-0.39, 0.29) is 18.1 Å². The Kier molecular flexibility index (Phi) is 5.10. The molecule has 0 spiro atoms. The van der Waals surface area contributed by atoms with Crippen molar-refractivity contribution in [3.05, 3.63) is 18.2 Å². The molecular formula is C16H26N4O2. The predicted molar refractivity (Wildman–Crippen MR) is 83.4 cm³/mol. The Labute approximate surface area is 131 Å². The monoisotopic (exact) mass is 306 g/mol. The second-order valence-corrected chi connectivity index (χ2v) is 6.34. The van der Waals surface area contributed by atoms with E-state index in [0.717, 1.165) is 44.8 Å². The van der Waals surface area contributed by atoms with Gasteiger partial charge in [-0.05, 0) is 32.7 Å². The molecule has 2 aliphatic heterocycles. The van der Waals surface area contributed by atoms with Crippen LogP contribution in [0.15, 0.2) is 12.4 Å². The highest BCUT2D eigenvalue weighted by Crippen LogP contribution is 2.23. The number of likely N-dealkylation sites (N-methyl/N-ethyl adjacent to an activating group) is 1. The van der Waals surface area contributed by atoms with Crippen molar-refractivity contribution in [2.75, 3.05) is 33.3 Å². The van der Waals surface area contributed by atoms with Crippen LogP contribution in [0.4, 0.5) is 0 Å². The lowest BCUT2D eigenvalue weighted by Gasteiger charge is -2.38. The van der Waals surface area contributed by atoms with Crippen molar-refractivity contribution in [2.24, 2.45) is 0 Å². The first-order chi connectivity index (χ1) is 10.7. The number of carbonyl (C=O) groups is 1. The molecule has 0 radical (unpaired) electrons. The Morgan fingerprint density at radius 2 is 2.36 bits per heavy atom. The van der Waals surface area contributed by atoms with Gasteiger partial charge in [0.25, 0.3) is 0 Å². The molecule has 0 saturated carbocycles. The van der Waals surface area contributed by atoms with Gasteiger partial charge in [-0.25, -0.2) is 4.98 Å². The zero-order valence-corrected chi connectivity index (χ0v) is 13.3. The Morgan fingerprint density at radius 3 is 3.09 bits per heavy atom. The minimum atomic E-state index is 0.165. The lowest BCUT2D eigenvalue weighted by atomic mass is 10.0. The molecule has 3 rings (SSSR count). The molecule has 1 aromatic heterocycles. The van der Waals surface area contributed by atoms with Gasteiger partial charge in [0, 0.05) is 45.1 Å². The van der Waals surface area contributed by atoms with E-state index >= 15 is 0 Å². The topological polar surface area (TPSA) is 61.5 Å². The molecule has 1 aromatic rings. The lowest BCUT2D eigenvalue weighted by Crippen LogP contribution is -2.49. The van der Waals surface area contributed by atoms with Crippen molar-refractivity contribution in [3.63, 3.8) is 0 Å². The zero-order chi connectivity index (χ0) is 15.4. The van der Waals surface area contributed by atoms with Gasteiger partial charge in [-0.1, -0.05) is 0 Å². The molecule has 0 unspecified atom stereocenters. The Balaban J connectivity index is 1.51. The summed E-state index contributed by atoms with van der Waals surface area (Å²) >= 11 is 0. The molecule has 0 aromatic carbocycles. The molecule has 0 aliphatic carbocycles. The van der Waals surface area contributed by atoms with Gasteiger partial charge in [-0.2, -0.15) is 0 Å². The minimum absolute atomic E-state index is 0.165. The number of amides is 1. The summed E-state index contributed by atoms with van der Waals surface area (Å²) in [5.74, 6) is 1.19. The summed E-state index contributed by atoms with van der Waals surface area (Å²) in [6.07, 6.45) is 8.84. The second kappa shape index (κ2) is 7.24. The SMILES string of the molecule is CN1CCN(C(=O)CC[C@H]2CCCCO2)C[C@@H]1c1ncc[nH]1. The van der Waals surface area contributed by atoms with Gasteiger partial charge in [0.05, 0.1) is 12.1 Å². The van der Waals surface area contributed by atoms with Crippen molar-refractivity contribution in [2.45, 2.75) is 44.2 Å². The molecule has 1 N–H and O–H groups in total. The van der Waals surface area contributed by atoms with Crippen molar-refractivity contribution < 1.29 is 9.53 Å². The van der Waals surface area contributed by atoms with Crippen molar-refractivity contribution in [1.29, 1.82) is 0 Å². The van der Waals surface area contributed by atoms with E-state index in [1.807, 2.05) is 11.1 Å². The third-order valence-electron chi connectivity index (χ3n) is 4.79. The van der Waals surface area contributed by atoms with Gasteiger partial charge in [0.15, 0.2) is 0 Å². The van der Waals surface area contributed by atoms with Crippen LogP contribution in [0, 0.1) is 0 Å². The third kappa shape index (κ3) is 3.67. The molecule has 122 valence electrons. The van der Waals surface area contributed by atoms with Crippen LogP contribution in [-0.2, 0) is 9.53 Å². The summed E-state index contributed by atoms with van der Waals surface area (Å²) in [4.78, 5) is 24.2. The molecule has 6 nitrogen and oxygen atoms in total. The number of H-pyrrole nitrogens is 1. The molecule has 0 bridgehead atoms. The first-order valence-electron chi connectivity index (χ1n) is 8.33. The number of hydrogen-bond acceptors (Lipinski definition) is 4. The Morgan fingerprint density at radius 1 is 1.45 bits per heavy atom. The van der Waals surface area contributed by atoms with E-state index in [1.54, 1.807) is 6.20 Å². The third-order valence-corrected chi connectivity index (χ3v) is 4.79. The van der Waals surface area contributed by atoms with Crippen LogP contribution >= 0.6 is 0 Å². The number of rotatable bonds is 4. The zero-order valence-electron chi connectivity index (χ0n) is 13.3. The standard InChI is InChI=1S/C16H26N4O2/c1-19-9-10-20(12-14(19)16-17-7-8-18-16)15(21)6-5-13-4-2-3-11-22-13/h7-8,13-14H,2-6,9-12H2,1H3,(H,17,18)/t13-,14-/m1/s1. The normalized spacial score (nSPS) is 27.0.